The highest BCUT2D eigenvalue weighted by Crippen LogP contribution is 2.35. The second-order valence-corrected chi connectivity index (χ2v) is 9.46. The highest BCUT2D eigenvalue weighted by atomic mass is 16.3. The Morgan fingerprint density at radius 3 is 2.54 bits per heavy atom. The predicted octanol–water partition coefficient (Wildman–Crippen LogP) is 4.55. The topological polar surface area (TPSA) is 100 Å². The number of amides is 1. The molecule has 1 amide bonds. The number of carbonyl (C=O) groups is 1. The first-order chi connectivity index (χ1) is 16.9. The molecule has 1 saturated carbocycles. The molecule has 1 aliphatic carbocycles. The van der Waals surface area contributed by atoms with E-state index in [2.05, 4.69) is 26.1 Å². The first kappa shape index (κ1) is 23.1. The van der Waals surface area contributed by atoms with Gasteiger partial charge in [-0.3, -0.25) is 14.3 Å². The Labute approximate surface area is 203 Å². The van der Waals surface area contributed by atoms with Crippen LogP contribution in [0.15, 0.2) is 53.5 Å². The van der Waals surface area contributed by atoms with Crippen molar-refractivity contribution < 1.29 is 9.90 Å². The molecule has 5 rings (SSSR count). The van der Waals surface area contributed by atoms with Gasteiger partial charge in [-0.1, -0.05) is 37.1 Å². The van der Waals surface area contributed by atoms with Crippen molar-refractivity contribution >= 4 is 16.8 Å². The van der Waals surface area contributed by atoms with Crippen molar-refractivity contribution in [1.29, 1.82) is 0 Å². The fourth-order valence-electron chi connectivity index (χ4n) is 5.11. The SMILES string of the molecule is Cc1cc(C)c(CNC(=O)c2cc(-c3ccc(CO)cc3)cc3c2cnn3C2CCCC2)c(=O)[nH]1. The molecule has 3 N–H and O–H groups in total. The lowest BCUT2D eigenvalue weighted by molar-refractivity contribution is 0.0952. The van der Waals surface area contributed by atoms with Crippen LogP contribution in [0, 0.1) is 13.8 Å². The average Bonchev–Trinajstić information content (AvgIpc) is 3.52. The predicted molar refractivity (Wildman–Crippen MR) is 136 cm³/mol. The minimum absolute atomic E-state index is 0.0149. The molecule has 0 unspecified atom stereocenters. The van der Waals surface area contributed by atoms with Gasteiger partial charge in [0.15, 0.2) is 0 Å². The van der Waals surface area contributed by atoms with Gasteiger partial charge in [0.1, 0.15) is 0 Å². The number of aliphatic hydroxyl groups is 1. The molecule has 4 aromatic rings. The third-order valence-electron chi connectivity index (χ3n) is 7.02. The minimum atomic E-state index is -0.242. The lowest BCUT2D eigenvalue weighted by atomic mass is 9.98. The smallest absolute Gasteiger partial charge is 0.253 e. The van der Waals surface area contributed by atoms with Crippen LogP contribution < -0.4 is 10.9 Å². The van der Waals surface area contributed by atoms with Gasteiger partial charge in [-0.15, -0.1) is 0 Å². The largest absolute Gasteiger partial charge is 0.392 e. The first-order valence-corrected chi connectivity index (χ1v) is 12.1. The van der Waals surface area contributed by atoms with Crippen molar-refractivity contribution in [2.24, 2.45) is 0 Å². The third-order valence-corrected chi connectivity index (χ3v) is 7.02. The second kappa shape index (κ2) is 9.50. The van der Waals surface area contributed by atoms with Crippen LogP contribution >= 0.6 is 0 Å². The number of hydrogen-bond donors (Lipinski definition) is 3. The summed E-state index contributed by atoms with van der Waals surface area (Å²) in [4.78, 5) is 28.7. The molecule has 7 heteroatoms. The van der Waals surface area contributed by atoms with E-state index in [1.54, 1.807) is 6.20 Å². The highest BCUT2D eigenvalue weighted by molar-refractivity contribution is 6.08. The molecule has 0 aliphatic heterocycles. The Morgan fingerprint density at radius 2 is 1.86 bits per heavy atom. The quantitative estimate of drug-likeness (QED) is 0.385. The van der Waals surface area contributed by atoms with E-state index in [-0.39, 0.29) is 24.6 Å². The maximum Gasteiger partial charge on any atom is 0.253 e. The zero-order valence-corrected chi connectivity index (χ0v) is 20.1. The van der Waals surface area contributed by atoms with E-state index in [4.69, 9.17) is 0 Å². The van der Waals surface area contributed by atoms with Crippen molar-refractivity contribution in [3.05, 3.63) is 87.0 Å². The fraction of sp³-hybridized carbons (Fsp3) is 0.321. The maximum atomic E-state index is 13.4. The first-order valence-electron chi connectivity index (χ1n) is 12.1. The number of pyridine rings is 1. The molecule has 0 atom stereocenters. The fourth-order valence-corrected chi connectivity index (χ4v) is 5.11. The summed E-state index contributed by atoms with van der Waals surface area (Å²) in [5.41, 5.74) is 6.20. The van der Waals surface area contributed by atoms with Crippen molar-refractivity contribution in [3.8, 4) is 11.1 Å². The van der Waals surface area contributed by atoms with E-state index in [0.29, 0.717) is 17.2 Å². The van der Waals surface area contributed by atoms with Gasteiger partial charge >= 0.3 is 0 Å². The van der Waals surface area contributed by atoms with Gasteiger partial charge in [0.25, 0.3) is 11.5 Å². The summed E-state index contributed by atoms with van der Waals surface area (Å²) in [5.74, 6) is -0.242. The lowest BCUT2D eigenvalue weighted by Crippen LogP contribution is -2.28. The van der Waals surface area contributed by atoms with Crippen LogP contribution in [0.2, 0.25) is 0 Å². The number of carbonyl (C=O) groups excluding carboxylic acids is 1. The van der Waals surface area contributed by atoms with Crippen LogP contribution in [0.4, 0.5) is 0 Å². The average molecular weight is 471 g/mol. The summed E-state index contributed by atoms with van der Waals surface area (Å²) >= 11 is 0. The van der Waals surface area contributed by atoms with E-state index < -0.39 is 0 Å². The van der Waals surface area contributed by atoms with Crippen LogP contribution in [0.25, 0.3) is 22.0 Å². The molecule has 1 aliphatic rings. The van der Waals surface area contributed by atoms with Gasteiger partial charge in [0.2, 0.25) is 0 Å². The van der Waals surface area contributed by atoms with Crippen LogP contribution in [0.3, 0.4) is 0 Å². The van der Waals surface area contributed by atoms with Crippen LogP contribution in [0.5, 0.6) is 0 Å². The molecule has 180 valence electrons. The van der Waals surface area contributed by atoms with Crippen molar-refractivity contribution in [1.82, 2.24) is 20.1 Å². The number of aliphatic hydroxyl groups excluding tert-OH is 1. The molecule has 35 heavy (non-hydrogen) atoms. The number of fused-ring (bicyclic) bond motifs is 1. The number of aryl methyl sites for hydroxylation is 2. The van der Waals surface area contributed by atoms with E-state index in [0.717, 1.165) is 51.7 Å². The Hall–Kier alpha value is -3.71. The number of aromatic amines is 1. The normalized spacial score (nSPS) is 14.0. The highest BCUT2D eigenvalue weighted by Gasteiger charge is 2.23. The van der Waals surface area contributed by atoms with Crippen LogP contribution in [0.1, 0.15) is 64.5 Å². The molecule has 2 aromatic carbocycles. The Kier molecular flexibility index (Phi) is 6.26. The molecule has 0 spiro atoms. The standard InChI is InChI=1S/C28H30N4O3/c1-17-11-18(2)31-28(35)24(17)14-29-27(34)23-12-21(20-9-7-19(16-33)8-10-20)13-26-25(23)15-30-32(26)22-5-3-4-6-22/h7-13,15,22,33H,3-6,14,16H2,1-2H3,(H,29,34)(H,31,35). The van der Waals surface area contributed by atoms with Crippen molar-refractivity contribution in [3.63, 3.8) is 0 Å². The number of hydrogen-bond acceptors (Lipinski definition) is 4. The van der Waals surface area contributed by atoms with Crippen LogP contribution in [-0.4, -0.2) is 25.8 Å². The molecular formula is C28H30N4O3. The van der Waals surface area contributed by atoms with Crippen molar-refractivity contribution in [2.45, 2.75) is 58.7 Å². The van der Waals surface area contributed by atoms with Crippen LogP contribution in [-0.2, 0) is 13.2 Å². The summed E-state index contributed by atoms with van der Waals surface area (Å²) in [7, 11) is 0. The summed E-state index contributed by atoms with van der Waals surface area (Å²) in [6, 6.07) is 13.9. The van der Waals surface area contributed by atoms with Gasteiger partial charge in [-0.25, -0.2) is 0 Å². The molecule has 2 heterocycles. The van der Waals surface area contributed by atoms with Crippen molar-refractivity contribution in [2.75, 3.05) is 0 Å². The molecule has 0 radical (unpaired) electrons. The molecule has 1 fully saturated rings. The third kappa shape index (κ3) is 4.51. The summed E-state index contributed by atoms with van der Waals surface area (Å²) in [6.45, 7) is 3.85. The lowest BCUT2D eigenvalue weighted by Gasteiger charge is -2.14. The monoisotopic (exact) mass is 470 g/mol. The van der Waals surface area contributed by atoms with E-state index >= 15 is 0 Å². The van der Waals surface area contributed by atoms with Gasteiger partial charge in [0, 0.05) is 23.2 Å². The van der Waals surface area contributed by atoms with E-state index in [1.807, 2.05) is 50.2 Å². The molecular weight excluding hydrogens is 440 g/mol. The summed E-state index contributed by atoms with van der Waals surface area (Å²) < 4.78 is 2.07. The number of rotatable bonds is 6. The molecule has 0 bridgehead atoms. The van der Waals surface area contributed by atoms with Gasteiger partial charge in [0.05, 0.1) is 29.9 Å². The number of nitrogens with zero attached hydrogens (tertiary/aromatic N) is 2. The molecule has 0 saturated heterocycles. The maximum absolute atomic E-state index is 13.4. The zero-order valence-electron chi connectivity index (χ0n) is 20.1. The number of H-pyrrole nitrogens is 1. The number of aromatic nitrogens is 3. The van der Waals surface area contributed by atoms with E-state index in [9.17, 15) is 14.7 Å². The summed E-state index contributed by atoms with van der Waals surface area (Å²) in [6.07, 6.45) is 6.33. The number of benzene rings is 2. The van der Waals surface area contributed by atoms with Gasteiger partial charge < -0.3 is 15.4 Å². The van der Waals surface area contributed by atoms with Gasteiger partial charge in [-0.05, 0) is 67.1 Å². The minimum Gasteiger partial charge on any atom is -0.392 e. The second-order valence-electron chi connectivity index (χ2n) is 9.46. The van der Waals surface area contributed by atoms with E-state index in [1.165, 1.54) is 12.8 Å². The Balaban J connectivity index is 1.55. The summed E-state index contributed by atoms with van der Waals surface area (Å²) in [5, 5.41) is 17.9. The Bertz CT molecular complexity index is 1440. The molecule has 2 aromatic heterocycles. The zero-order chi connectivity index (χ0) is 24.5. The number of nitrogens with one attached hydrogen (secondary N) is 2. The van der Waals surface area contributed by atoms with Gasteiger partial charge in [-0.2, -0.15) is 5.10 Å². The Morgan fingerprint density at radius 1 is 1.11 bits per heavy atom. The molecule has 7 nitrogen and oxygen atoms in total.